The van der Waals surface area contributed by atoms with Gasteiger partial charge in [0.15, 0.2) is 0 Å². The van der Waals surface area contributed by atoms with Crippen molar-refractivity contribution >= 4 is 11.9 Å². The lowest BCUT2D eigenvalue weighted by atomic mass is 9.86. The van der Waals surface area contributed by atoms with E-state index in [-0.39, 0.29) is 5.57 Å². The summed E-state index contributed by atoms with van der Waals surface area (Å²) in [6.45, 7) is 4.88. The molecule has 0 aromatic rings. The zero-order chi connectivity index (χ0) is 11.4. The average molecular weight is 204 g/mol. The van der Waals surface area contributed by atoms with E-state index in [1.54, 1.807) is 20.8 Å². The van der Waals surface area contributed by atoms with Crippen LogP contribution in [0.5, 0.6) is 0 Å². The minimum Gasteiger partial charge on any atom is -0.296 e. The third-order valence-electron chi connectivity index (χ3n) is 1.46. The summed E-state index contributed by atoms with van der Waals surface area (Å²) in [6.07, 6.45) is 0.749. The molecule has 0 amide bonds. The lowest BCUT2D eigenvalue weighted by Gasteiger charge is -2.19. The summed E-state index contributed by atoms with van der Waals surface area (Å²) in [5.74, 6) is -2.18. The SMILES string of the molecule is CC(C)(C)C(=CC(=O)OO)C(=O)OO. The van der Waals surface area contributed by atoms with Crippen molar-refractivity contribution in [3.05, 3.63) is 11.6 Å². The third-order valence-corrected chi connectivity index (χ3v) is 1.46. The molecule has 0 radical (unpaired) electrons. The van der Waals surface area contributed by atoms with Gasteiger partial charge in [0.05, 0.1) is 5.57 Å². The highest BCUT2D eigenvalue weighted by Gasteiger charge is 2.27. The molecule has 14 heavy (non-hydrogen) atoms. The molecule has 0 aromatic heterocycles. The second-order valence-corrected chi connectivity index (χ2v) is 3.60. The summed E-state index contributed by atoms with van der Waals surface area (Å²) >= 11 is 0. The fourth-order valence-corrected chi connectivity index (χ4v) is 0.775. The molecule has 0 unspecified atom stereocenters. The Labute approximate surface area is 80.6 Å². The van der Waals surface area contributed by atoms with Crippen molar-refractivity contribution in [1.29, 1.82) is 0 Å². The van der Waals surface area contributed by atoms with Gasteiger partial charge in [-0.3, -0.25) is 9.78 Å². The Morgan fingerprint density at radius 3 is 1.93 bits per heavy atom. The van der Waals surface area contributed by atoms with E-state index in [2.05, 4.69) is 9.78 Å². The molecule has 80 valence electrons. The first-order chi connectivity index (χ1) is 6.32. The van der Waals surface area contributed by atoms with E-state index in [4.69, 9.17) is 10.5 Å². The number of rotatable bonds is 2. The van der Waals surface area contributed by atoms with E-state index in [1.807, 2.05) is 0 Å². The van der Waals surface area contributed by atoms with Crippen LogP contribution in [0.4, 0.5) is 0 Å². The van der Waals surface area contributed by atoms with Crippen molar-refractivity contribution in [3.63, 3.8) is 0 Å². The highest BCUT2D eigenvalue weighted by molar-refractivity contribution is 5.96. The molecular weight excluding hydrogens is 192 g/mol. The predicted octanol–water partition coefficient (Wildman–Crippen LogP) is 0.991. The molecule has 6 nitrogen and oxygen atoms in total. The van der Waals surface area contributed by atoms with E-state index in [1.165, 1.54) is 0 Å². The van der Waals surface area contributed by atoms with Crippen LogP contribution in [0.2, 0.25) is 0 Å². The maximum atomic E-state index is 11.0. The van der Waals surface area contributed by atoms with E-state index in [0.29, 0.717) is 0 Å². The van der Waals surface area contributed by atoms with E-state index in [0.717, 1.165) is 6.08 Å². The molecule has 0 fully saturated rings. The molecule has 0 saturated carbocycles. The molecule has 0 aliphatic rings. The molecule has 2 N–H and O–H groups in total. The van der Waals surface area contributed by atoms with Crippen LogP contribution < -0.4 is 0 Å². The fourth-order valence-electron chi connectivity index (χ4n) is 0.775. The Bertz CT molecular complexity index is 259. The maximum absolute atomic E-state index is 11.0. The van der Waals surface area contributed by atoms with Crippen LogP contribution >= 0.6 is 0 Å². The lowest BCUT2D eigenvalue weighted by Crippen LogP contribution is -2.21. The molecular formula is C8H12O6. The number of carbonyl (C=O) groups excluding carboxylic acids is 2. The van der Waals surface area contributed by atoms with Crippen LogP contribution in [0, 0.1) is 5.41 Å². The molecule has 0 atom stereocenters. The van der Waals surface area contributed by atoms with Gasteiger partial charge in [-0.2, -0.15) is 10.5 Å². The Morgan fingerprint density at radius 1 is 1.14 bits per heavy atom. The van der Waals surface area contributed by atoms with E-state index < -0.39 is 17.4 Å². The topological polar surface area (TPSA) is 93.1 Å². The van der Waals surface area contributed by atoms with Gasteiger partial charge in [-0.15, -0.1) is 0 Å². The Kier molecular flexibility index (Phi) is 4.26. The zero-order valence-electron chi connectivity index (χ0n) is 8.10. The van der Waals surface area contributed by atoms with Gasteiger partial charge in [0.1, 0.15) is 0 Å². The van der Waals surface area contributed by atoms with Gasteiger partial charge in [-0.25, -0.2) is 9.59 Å². The highest BCUT2D eigenvalue weighted by atomic mass is 17.1. The van der Waals surface area contributed by atoms with Gasteiger partial charge in [0, 0.05) is 6.08 Å². The minimum atomic E-state index is -1.11. The van der Waals surface area contributed by atoms with Crippen molar-refractivity contribution in [2.75, 3.05) is 0 Å². The number of hydrogen-bond acceptors (Lipinski definition) is 6. The molecule has 0 spiro atoms. The van der Waals surface area contributed by atoms with Gasteiger partial charge >= 0.3 is 11.9 Å². The van der Waals surface area contributed by atoms with Crippen LogP contribution in [0.25, 0.3) is 0 Å². The van der Waals surface area contributed by atoms with Crippen molar-refractivity contribution in [3.8, 4) is 0 Å². The number of carbonyl (C=O) groups is 2. The van der Waals surface area contributed by atoms with Gasteiger partial charge in [-0.05, 0) is 5.41 Å². The van der Waals surface area contributed by atoms with Gasteiger partial charge in [-0.1, -0.05) is 20.8 Å². The zero-order valence-corrected chi connectivity index (χ0v) is 8.10. The van der Waals surface area contributed by atoms with Crippen LogP contribution in [0.3, 0.4) is 0 Å². The molecule has 0 aliphatic carbocycles. The molecule has 0 aromatic carbocycles. The van der Waals surface area contributed by atoms with Crippen LogP contribution in [-0.4, -0.2) is 22.5 Å². The lowest BCUT2D eigenvalue weighted by molar-refractivity contribution is -0.232. The Balaban J connectivity index is 5.02. The smallest absolute Gasteiger partial charge is 0.296 e. The summed E-state index contributed by atoms with van der Waals surface area (Å²) in [5.41, 5.74) is -0.826. The Hall–Kier alpha value is -1.40. The molecule has 6 heteroatoms. The standard InChI is InChI=1S/C8H12O6/c1-8(2,3)5(7(10)14-12)4-6(9)13-11/h4,11-12H,1-3H3. The van der Waals surface area contributed by atoms with Gasteiger partial charge in [0.2, 0.25) is 0 Å². The second-order valence-electron chi connectivity index (χ2n) is 3.60. The second kappa shape index (κ2) is 4.73. The Morgan fingerprint density at radius 2 is 1.64 bits per heavy atom. The summed E-state index contributed by atoms with van der Waals surface area (Å²) in [7, 11) is 0. The van der Waals surface area contributed by atoms with Gasteiger partial charge < -0.3 is 0 Å². The summed E-state index contributed by atoms with van der Waals surface area (Å²) < 4.78 is 0. The third kappa shape index (κ3) is 3.55. The van der Waals surface area contributed by atoms with Crippen LogP contribution in [0.1, 0.15) is 20.8 Å². The normalized spacial score (nSPS) is 12.2. The fraction of sp³-hybridized carbons (Fsp3) is 0.500. The average Bonchev–Trinajstić information content (AvgIpc) is 2.10. The summed E-state index contributed by atoms with van der Waals surface area (Å²) in [5, 5.41) is 16.1. The summed E-state index contributed by atoms with van der Waals surface area (Å²) in [4.78, 5) is 28.5. The van der Waals surface area contributed by atoms with E-state index >= 15 is 0 Å². The first kappa shape index (κ1) is 12.6. The quantitative estimate of drug-likeness (QED) is 0.396. The summed E-state index contributed by atoms with van der Waals surface area (Å²) in [6, 6.07) is 0. The molecule has 0 aliphatic heterocycles. The van der Waals surface area contributed by atoms with Crippen molar-refractivity contribution in [2.24, 2.45) is 5.41 Å². The van der Waals surface area contributed by atoms with Crippen LogP contribution in [0.15, 0.2) is 11.6 Å². The minimum absolute atomic E-state index is 0.112. The molecule has 0 saturated heterocycles. The molecule has 0 heterocycles. The van der Waals surface area contributed by atoms with Gasteiger partial charge in [0.25, 0.3) is 0 Å². The predicted molar refractivity (Wildman–Crippen MR) is 45.0 cm³/mol. The number of hydrogen-bond donors (Lipinski definition) is 2. The van der Waals surface area contributed by atoms with E-state index in [9.17, 15) is 9.59 Å². The first-order valence-corrected chi connectivity index (χ1v) is 3.76. The largest absolute Gasteiger partial charge is 0.369 e. The highest BCUT2D eigenvalue weighted by Crippen LogP contribution is 2.25. The monoisotopic (exact) mass is 204 g/mol. The molecule has 0 rings (SSSR count). The first-order valence-electron chi connectivity index (χ1n) is 3.76. The van der Waals surface area contributed by atoms with Crippen molar-refractivity contribution in [2.45, 2.75) is 20.8 Å². The van der Waals surface area contributed by atoms with Crippen LogP contribution in [-0.2, 0) is 19.4 Å². The van der Waals surface area contributed by atoms with Crippen molar-refractivity contribution in [1.82, 2.24) is 0 Å². The maximum Gasteiger partial charge on any atom is 0.369 e. The van der Waals surface area contributed by atoms with Crippen molar-refractivity contribution < 1.29 is 29.9 Å². The molecule has 0 bridgehead atoms.